The molecule has 0 amide bonds. The molecule has 0 unspecified atom stereocenters. The molecule has 1 fully saturated rings. The number of carbonyl (C=O) groups excluding carboxylic acids is 1. The van der Waals surface area contributed by atoms with Crippen molar-refractivity contribution in [2.45, 2.75) is 25.4 Å². The monoisotopic (exact) mass is 240 g/mol. The van der Waals surface area contributed by atoms with Gasteiger partial charge in [0.1, 0.15) is 6.61 Å². The van der Waals surface area contributed by atoms with Gasteiger partial charge >= 0.3 is 0 Å². The third-order valence-corrected chi connectivity index (χ3v) is 3.38. The van der Waals surface area contributed by atoms with Gasteiger partial charge in [0.25, 0.3) is 0 Å². The first-order valence-electron chi connectivity index (χ1n) is 5.57. The van der Waals surface area contributed by atoms with E-state index in [9.17, 15) is 4.79 Å². The molecule has 0 atom stereocenters. The highest BCUT2D eigenvalue weighted by atomic mass is 32.1. The number of aromatic nitrogens is 1. The summed E-state index contributed by atoms with van der Waals surface area (Å²) in [6.45, 7) is 2.21. The molecule has 1 aromatic rings. The second-order valence-corrected chi connectivity index (χ2v) is 4.88. The number of piperidine rings is 1. The number of ketones is 1. The van der Waals surface area contributed by atoms with Gasteiger partial charge in [-0.05, 0) is 25.9 Å². The van der Waals surface area contributed by atoms with Crippen LogP contribution in [0, 0.1) is 0 Å². The molecule has 2 heterocycles. The minimum absolute atomic E-state index is 0.119. The lowest BCUT2D eigenvalue weighted by atomic mass is 10.1. The molecule has 0 saturated carbocycles. The molecule has 4 nitrogen and oxygen atoms in total. The van der Waals surface area contributed by atoms with Crippen molar-refractivity contribution >= 4 is 17.1 Å². The SMILES string of the molecule is O=C(COC1CCNCC1)Cc1nccs1. The molecule has 16 heavy (non-hydrogen) atoms. The number of Topliss-reactive ketones (excluding diaryl/α,β-unsaturated/α-hetero) is 1. The van der Waals surface area contributed by atoms with Gasteiger partial charge in [-0.15, -0.1) is 11.3 Å². The van der Waals surface area contributed by atoms with E-state index >= 15 is 0 Å². The van der Waals surface area contributed by atoms with Crippen LogP contribution in [0.1, 0.15) is 17.8 Å². The molecule has 1 aliphatic heterocycles. The lowest BCUT2D eigenvalue weighted by molar-refractivity contribution is -0.125. The van der Waals surface area contributed by atoms with Gasteiger partial charge in [0.2, 0.25) is 0 Å². The Kier molecular flexibility index (Phi) is 4.44. The van der Waals surface area contributed by atoms with E-state index in [-0.39, 0.29) is 18.5 Å². The zero-order valence-electron chi connectivity index (χ0n) is 9.15. The Hall–Kier alpha value is -0.780. The standard InChI is InChI=1S/C11H16N2O2S/c14-9(7-11-13-5-6-16-11)8-15-10-1-3-12-4-2-10/h5-6,10,12H,1-4,7-8H2. The largest absolute Gasteiger partial charge is 0.370 e. The first kappa shape index (κ1) is 11.7. The summed E-state index contributed by atoms with van der Waals surface area (Å²) in [4.78, 5) is 15.7. The highest BCUT2D eigenvalue weighted by Crippen LogP contribution is 2.09. The molecule has 1 aromatic heterocycles. The summed E-state index contributed by atoms with van der Waals surface area (Å²) < 4.78 is 5.58. The Balaban J connectivity index is 1.67. The summed E-state index contributed by atoms with van der Waals surface area (Å²) in [6.07, 6.45) is 4.39. The van der Waals surface area contributed by atoms with Crippen molar-refractivity contribution in [3.63, 3.8) is 0 Å². The third-order valence-electron chi connectivity index (χ3n) is 2.60. The highest BCUT2D eigenvalue weighted by molar-refractivity contribution is 7.09. The van der Waals surface area contributed by atoms with Crippen LogP contribution in [0.15, 0.2) is 11.6 Å². The molecule has 0 radical (unpaired) electrons. The Morgan fingerprint density at radius 2 is 2.38 bits per heavy atom. The second kappa shape index (κ2) is 6.08. The van der Waals surface area contributed by atoms with Crippen molar-refractivity contribution in [3.8, 4) is 0 Å². The summed E-state index contributed by atoms with van der Waals surface area (Å²) in [7, 11) is 0. The van der Waals surface area contributed by atoms with Crippen molar-refractivity contribution in [1.29, 1.82) is 0 Å². The maximum atomic E-state index is 11.6. The maximum Gasteiger partial charge on any atom is 0.165 e. The molecule has 1 N–H and O–H groups in total. The van der Waals surface area contributed by atoms with Crippen molar-refractivity contribution in [3.05, 3.63) is 16.6 Å². The van der Waals surface area contributed by atoms with Crippen LogP contribution in [0.5, 0.6) is 0 Å². The van der Waals surface area contributed by atoms with Gasteiger partial charge in [-0.25, -0.2) is 4.98 Å². The predicted molar refractivity (Wildman–Crippen MR) is 62.7 cm³/mol. The Labute approximate surface area is 99.0 Å². The van der Waals surface area contributed by atoms with Crippen molar-refractivity contribution in [2.75, 3.05) is 19.7 Å². The lowest BCUT2D eigenvalue weighted by Gasteiger charge is -2.22. The van der Waals surface area contributed by atoms with E-state index in [2.05, 4.69) is 10.3 Å². The van der Waals surface area contributed by atoms with Crippen LogP contribution in [-0.2, 0) is 16.0 Å². The Bertz CT molecular complexity index is 321. The fourth-order valence-corrected chi connectivity index (χ4v) is 2.38. The number of nitrogens with zero attached hydrogens (tertiary/aromatic N) is 1. The highest BCUT2D eigenvalue weighted by Gasteiger charge is 2.15. The molecule has 0 aromatic carbocycles. The molecular formula is C11H16N2O2S. The molecule has 0 spiro atoms. The number of hydrogen-bond acceptors (Lipinski definition) is 5. The molecule has 5 heteroatoms. The molecule has 0 aliphatic carbocycles. The van der Waals surface area contributed by atoms with Gasteiger partial charge in [0.05, 0.1) is 17.5 Å². The quantitative estimate of drug-likeness (QED) is 0.835. The molecule has 88 valence electrons. The van der Waals surface area contributed by atoms with Crippen molar-refractivity contribution in [1.82, 2.24) is 10.3 Å². The number of hydrogen-bond donors (Lipinski definition) is 1. The topological polar surface area (TPSA) is 51.2 Å². The van der Waals surface area contributed by atoms with Crippen LogP contribution in [0.4, 0.5) is 0 Å². The molecule has 2 rings (SSSR count). The zero-order chi connectivity index (χ0) is 11.2. The first-order valence-corrected chi connectivity index (χ1v) is 6.45. The summed E-state index contributed by atoms with van der Waals surface area (Å²) in [6, 6.07) is 0. The van der Waals surface area contributed by atoms with E-state index in [1.165, 1.54) is 11.3 Å². The number of nitrogens with one attached hydrogen (secondary N) is 1. The van der Waals surface area contributed by atoms with Gasteiger partial charge in [-0.1, -0.05) is 0 Å². The van der Waals surface area contributed by atoms with Crippen LogP contribution in [0.3, 0.4) is 0 Å². The van der Waals surface area contributed by atoms with Gasteiger partial charge in [-0.3, -0.25) is 4.79 Å². The number of carbonyl (C=O) groups is 1. The van der Waals surface area contributed by atoms with Crippen molar-refractivity contribution < 1.29 is 9.53 Å². The number of ether oxygens (including phenoxy) is 1. The molecule has 1 aliphatic rings. The summed E-state index contributed by atoms with van der Waals surface area (Å²) in [5.41, 5.74) is 0. The number of rotatable bonds is 5. The van der Waals surface area contributed by atoms with Gasteiger partial charge in [0.15, 0.2) is 5.78 Å². The molecular weight excluding hydrogens is 224 g/mol. The fraction of sp³-hybridized carbons (Fsp3) is 0.636. The first-order chi connectivity index (χ1) is 7.84. The normalized spacial score (nSPS) is 17.5. The summed E-state index contributed by atoms with van der Waals surface area (Å²) in [5, 5.41) is 6.02. The van der Waals surface area contributed by atoms with E-state index in [0.717, 1.165) is 30.9 Å². The Morgan fingerprint density at radius 3 is 3.06 bits per heavy atom. The predicted octanol–water partition coefficient (Wildman–Crippen LogP) is 1.02. The second-order valence-electron chi connectivity index (χ2n) is 3.90. The zero-order valence-corrected chi connectivity index (χ0v) is 9.96. The minimum atomic E-state index is 0.119. The van der Waals surface area contributed by atoms with Crippen LogP contribution in [-0.4, -0.2) is 36.6 Å². The van der Waals surface area contributed by atoms with E-state index < -0.39 is 0 Å². The van der Waals surface area contributed by atoms with Gasteiger partial charge in [-0.2, -0.15) is 0 Å². The average molecular weight is 240 g/mol. The minimum Gasteiger partial charge on any atom is -0.370 e. The summed E-state index contributed by atoms with van der Waals surface area (Å²) >= 11 is 1.52. The van der Waals surface area contributed by atoms with Crippen molar-refractivity contribution in [2.24, 2.45) is 0 Å². The molecule has 1 saturated heterocycles. The van der Waals surface area contributed by atoms with Gasteiger partial charge in [0, 0.05) is 11.6 Å². The van der Waals surface area contributed by atoms with Crippen LogP contribution in [0.25, 0.3) is 0 Å². The number of thiazole rings is 1. The third kappa shape index (κ3) is 3.66. The van der Waals surface area contributed by atoms with E-state index in [1.54, 1.807) is 6.20 Å². The van der Waals surface area contributed by atoms with E-state index in [1.807, 2.05) is 5.38 Å². The van der Waals surface area contributed by atoms with E-state index in [4.69, 9.17) is 4.74 Å². The van der Waals surface area contributed by atoms with Crippen LogP contribution >= 0.6 is 11.3 Å². The van der Waals surface area contributed by atoms with Gasteiger partial charge < -0.3 is 10.1 Å². The maximum absolute atomic E-state index is 11.6. The van der Waals surface area contributed by atoms with Crippen LogP contribution in [0.2, 0.25) is 0 Å². The smallest absolute Gasteiger partial charge is 0.165 e. The fourth-order valence-electron chi connectivity index (χ4n) is 1.73. The molecule has 0 bridgehead atoms. The van der Waals surface area contributed by atoms with E-state index in [0.29, 0.717) is 6.42 Å². The average Bonchev–Trinajstić information content (AvgIpc) is 2.81. The van der Waals surface area contributed by atoms with Crippen LogP contribution < -0.4 is 5.32 Å². The Morgan fingerprint density at radius 1 is 1.56 bits per heavy atom. The summed E-state index contributed by atoms with van der Waals surface area (Å²) in [5.74, 6) is 0.119. The lowest BCUT2D eigenvalue weighted by Crippen LogP contribution is -2.33.